The molecule has 0 fully saturated rings. The van der Waals surface area contributed by atoms with Crippen LogP contribution in [0.25, 0.3) is 0 Å². The van der Waals surface area contributed by atoms with E-state index in [9.17, 15) is 4.79 Å². The molecule has 0 radical (unpaired) electrons. The lowest BCUT2D eigenvalue weighted by atomic mass is 9.87. The highest BCUT2D eigenvalue weighted by Crippen LogP contribution is 2.26. The average Bonchev–Trinajstić information content (AvgIpc) is 2.61. The molecule has 0 amide bonds. The van der Waals surface area contributed by atoms with Gasteiger partial charge in [-0.15, -0.1) is 11.3 Å². The molecule has 0 aliphatic rings. The fourth-order valence-electron chi connectivity index (χ4n) is 1.83. The zero-order valence-corrected chi connectivity index (χ0v) is 12.3. The van der Waals surface area contributed by atoms with Crippen molar-refractivity contribution in [3.8, 4) is 0 Å². The number of hydrogen-bond acceptors (Lipinski definition) is 4. The summed E-state index contributed by atoms with van der Waals surface area (Å²) < 4.78 is 0. The summed E-state index contributed by atoms with van der Waals surface area (Å²) in [6, 6.07) is -0.0710. The molecule has 0 saturated carbocycles. The number of nitrogens with zero attached hydrogens (tertiary/aromatic N) is 1. The number of rotatable bonds is 6. The van der Waals surface area contributed by atoms with E-state index in [1.165, 1.54) is 0 Å². The normalized spacial score (nSPS) is 13.3. The van der Waals surface area contributed by atoms with Crippen molar-refractivity contribution >= 4 is 22.4 Å². The summed E-state index contributed by atoms with van der Waals surface area (Å²) in [7, 11) is 0. The molecule has 0 aliphatic carbocycles. The maximum atomic E-state index is 10.9. The van der Waals surface area contributed by atoms with Gasteiger partial charge in [-0.2, -0.15) is 0 Å². The van der Waals surface area contributed by atoms with Gasteiger partial charge in [0.1, 0.15) is 0 Å². The van der Waals surface area contributed by atoms with Gasteiger partial charge in [0.25, 0.3) is 0 Å². The Morgan fingerprint density at radius 3 is 2.67 bits per heavy atom. The molecule has 1 unspecified atom stereocenters. The Morgan fingerprint density at radius 2 is 2.22 bits per heavy atom. The number of aromatic nitrogens is 1. The molecular formula is C13H22N2O2S. The van der Waals surface area contributed by atoms with Crippen LogP contribution in [0.3, 0.4) is 0 Å². The van der Waals surface area contributed by atoms with Crippen LogP contribution in [0.4, 0.5) is 5.13 Å². The quantitative estimate of drug-likeness (QED) is 0.831. The summed E-state index contributed by atoms with van der Waals surface area (Å²) in [4.78, 5) is 15.3. The topological polar surface area (TPSA) is 62.2 Å². The SMILES string of the molecule is CCc1csc(NC(CC(=O)O)CC(C)(C)C)n1. The number of aryl methyl sites for hydroxylation is 1. The Labute approximate surface area is 112 Å². The smallest absolute Gasteiger partial charge is 0.305 e. The molecule has 5 heteroatoms. The van der Waals surface area contributed by atoms with Gasteiger partial charge in [-0.1, -0.05) is 27.7 Å². The third-order valence-corrected chi connectivity index (χ3v) is 3.34. The van der Waals surface area contributed by atoms with Crippen LogP contribution in [0.1, 0.15) is 46.2 Å². The molecule has 1 heterocycles. The molecule has 1 atom stereocenters. The van der Waals surface area contributed by atoms with Crippen molar-refractivity contribution in [2.24, 2.45) is 5.41 Å². The van der Waals surface area contributed by atoms with Gasteiger partial charge in [0, 0.05) is 11.4 Å². The lowest BCUT2D eigenvalue weighted by Gasteiger charge is -2.25. The van der Waals surface area contributed by atoms with E-state index < -0.39 is 5.97 Å². The van der Waals surface area contributed by atoms with Crippen LogP contribution in [-0.4, -0.2) is 22.1 Å². The Hall–Kier alpha value is -1.10. The van der Waals surface area contributed by atoms with E-state index in [2.05, 4.69) is 38.0 Å². The van der Waals surface area contributed by atoms with Gasteiger partial charge in [0.05, 0.1) is 12.1 Å². The van der Waals surface area contributed by atoms with Gasteiger partial charge < -0.3 is 10.4 Å². The summed E-state index contributed by atoms with van der Waals surface area (Å²) in [6.45, 7) is 8.40. The highest BCUT2D eigenvalue weighted by Gasteiger charge is 2.21. The number of aliphatic carboxylic acids is 1. The van der Waals surface area contributed by atoms with Gasteiger partial charge in [0.2, 0.25) is 0 Å². The third-order valence-electron chi connectivity index (χ3n) is 2.52. The zero-order chi connectivity index (χ0) is 13.8. The molecule has 0 bridgehead atoms. The van der Waals surface area contributed by atoms with Crippen LogP contribution in [0.15, 0.2) is 5.38 Å². The van der Waals surface area contributed by atoms with Gasteiger partial charge >= 0.3 is 5.97 Å². The van der Waals surface area contributed by atoms with Crippen LogP contribution in [0.5, 0.6) is 0 Å². The molecule has 0 aromatic carbocycles. The maximum absolute atomic E-state index is 10.9. The lowest BCUT2D eigenvalue weighted by molar-refractivity contribution is -0.137. The monoisotopic (exact) mass is 270 g/mol. The second kappa shape index (κ2) is 6.18. The van der Waals surface area contributed by atoms with Crippen LogP contribution >= 0.6 is 11.3 Å². The summed E-state index contributed by atoms with van der Waals surface area (Å²) >= 11 is 1.54. The first-order chi connectivity index (χ1) is 8.30. The minimum Gasteiger partial charge on any atom is -0.481 e. The molecule has 1 aromatic heterocycles. The third kappa shape index (κ3) is 5.49. The van der Waals surface area contributed by atoms with Crippen molar-refractivity contribution in [1.82, 2.24) is 4.98 Å². The van der Waals surface area contributed by atoms with Crippen molar-refractivity contribution in [1.29, 1.82) is 0 Å². The van der Waals surface area contributed by atoms with Crippen molar-refractivity contribution in [2.75, 3.05) is 5.32 Å². The second-order valence-electron chi connectivity index (χ2n) is 5.70. The Kier molecular flexibility index (Phi) is 5.14. The molecule has 4 nitrogen and oxygen atoms in total. The maximum Gasteiger partial charge on any atom is 0.305 e. The molecule has 0 saturated heterocycles. The fourth-order valence-corrected chi connectivity index (χ4v) is 2.71. The first kappa shape index (κ1) is 15.0. The van der Waals surface area contributed by atoms with Gasteiger partial charge in [-0.05, 0) is 18.3 Å². The highest BCUT2D eigenvalue weighted by atomic mass is 32.1. The molecule has 0 spiro atoms. The number of nitrogens with one attached hydrogen (secondary N) is 1. The number of hydrogen-bond donors (Lipinski definition) is 2. The molecule has 102 valence electrons. The number of carboxylic acids is 1. The number of carbonyl (C=O) groups is 1. The summed E-state index contributed by atoms with van der Waals surface area (Å²) in [5, 5.41) is 15.0. The first-order valence-electron chi connectivity index (χ1n) is 6.23. The predicted octanol–water partition coefficient (Wildman–Crippen LogP) is 3.40. The van der Waals surface area contributed by atoms with Gasteiger partial charge in [-0.25, -0.2) is 4.98 Å². The van der Waals surface area contributed by atoms with Gasteiger partial charge in [-0.3, -0.25) is 4.79 Å². The molecular weight excluding hydrogens is 248 g/mol. The Morgan fingerprint density at radius 1 is 1.56 bits per heavy atom. The fraction of sp³-hybridized carbons (Fsp3) is 0.692. The molecule has 1 aromatic rings. The molecule has 2 N–H and O–H groups in total. The zero-order valence-electron chi connectivity index (χ0n) is 11.5. The predicted molar refractivity (Wildman–Crippen MR) is 75.2 cm³/mol. The van der Waals surface area contributed by atoms with E-state index in [4.69, 9.17) is 5.11 Å². The van der Waals surface area contributed by atoms with Crippen LogP contribution < -0.4 is 5.32 Å². The van der Waals surface area contributed by atoms with Crippen LogP contribution in [-0.2, 0) is 11.2 Å². The second-order valence-corrected chi connectivity index (χ2v) is 6.56. The molecule has 18 heavy (non-hydrogen) atoms. The minimum absolute atomic E-state index is 0.0710. The van der Waals surface area contributed by atoms with Crippen LogP contribution in [0, 0.1) is 5.41 Å². The van der Waals surface area contributed by atoms with E-state index >= 15 is 0 Å². The molecule has 1 rings (SSSR count). The lowest BCUT2D eigenvalue weighted by Crippen LogP contribution is -2.28. The van der Waals surface area contributed by atoms with E-state index in [-0.39, 0.29) is 17.9 Å². The number of thiazole rings is 1. The van der Waals surface area contributed by atoms with Crippen LogP contribution in [0.2, 0.25) is 0 Å². The average molecular weight is 270 g/mol. The summed E-state index contributed by atoms with van der Waals surface area (Å²) in [5.74, 6) is -0.774. The summed E-state index contributed by atoms with van der Waals surface area (Å²) in [5.41, 5.74) is 1.14. The number of anilines is 1. The molecule has 0 aliphatic heterocycles. The number of carboxylic acid groups (broad SMARTS) is 1. The Balaban J connectivity index is 2.68. The Bertz CT molecular complexity index is 396. The largest absolute Gasteiger partial charge is 0.481 e. The minimum atomic E-state index is -0.774. The highest BCUT2D eigenvalue weighted by molar-refractivity contribution is 7.13. The van der Waals surface area contributed by atoms with Crippen molar-refractivity contribution in [3.63, 3.8) is 0 Å². The van der Waals surface area contributed by atoms with E-state index in [1.54, 1.807) is 11.3 Å². The first-order valence-corrected chi connectivity index (χ1v) is 7.11. The summed E-state index contributed by atoms with van der Waals surface area (Å²) in [6.07, 6.45) is 1.83. The standard InChI is InChI=1S/C13H22N2O2S/c1-5-9-8-18-12(14-9)15-10(6-11(16)17)7-13(2,3)4/h8,10H,5-7H2,1-4H3,(H,14,15)(H,16,17). The van der Waals surface area contributed by atoms with Crippen molar-refractivity contribution < 1.29 is 9.90 Å². The van der Waals surface area contributed by atoms with Gasteiger partial charge in [0.15, 0.2) is 5.13 Å². The van der Waals surface area contributed by atoms with E-state index in [1.807, 2.05) is 5.38 Å². The van der Waals surface area contributed by atoms with E-state index in [0.717, 1.165) is 23.7 Å². The van der Waals surface area contributed by atoms with Crippen molar-refractivity contribution in [3.05, 3.63) is 11.1 Å². The van der Waals surface area contributed by atoms with Crippen molar-refractivity contribution in [2.45, 2.75) is 53.0 Å². The van der Waals surface area contributed by atoms with E-state index in [0.29, 0.717) is 0 Å².